The second-order valence-corrected chi connectivity index (χ2v) is 5.10. The number of carbonyl (C=O) groups is 1. The molecule has 1 unspecified atom stereocenters. The molecule has 0 aliphatic heterocycles. The van der Waals surface area contributed by atoms with Crippen molar-refractivity contribution >= 4 is 11.7 Å². The predicted octanol–water partition coefficient (Wildman–Crippen LogP) is 3.41. The Labute approximate surface area is 133 Å². The van der Waals surface area contributed by atoms with Crippen molar-refractivity contribution in [2.24, 2.45) is 0 Å². The Morgan fingerprint density at radius 1 is 1.13 bits per heavy atom. The van der Waals surface area contributed by atoms with Gasteiger partial charge in [-0.15, -0.1) is 0 Å². The molecule has 23 heavy (non-hydrogen) atoms. The maximum atomic E-state index is 11.9. The van der Waals surface area contributed by atoms with Crippen molar-refractivity contribution in [1.29, 1.82) is 0 Å². The van der Waals surface area contributed by atoms with Crippen LogP contribution < -0.4 is 4.74 Å². The molecule has 120 valence electrons. The summed E-state index contributed by atoms with van der Waals surface area (Å²) in [6.45, 7) is 3.61. The van der Waals surface area contributed by atoms with E-state index in [1.165, 1.54) is 12.1 Å². The van der Waals surface area contributed by atoms with Crippen LogP contribution in [-0.4, -0.2) is 17.0 Å². The number of hydrogen-bond donors (Lipinski definition) is 0. The average molecular weight is 315 g/mol. The molecule has 0 N–H and O–H groups in total. The first kappa shape index (κ1) is 16.5. The first-order valence-corrected chi connectivity index (χ1v) is 7.09. The van der Waals surface area contributed by atoms with Crippen LogP contribution in [0.5, 0.6) is 5.75 Å². The third kappa shape index (κ3) is 4.81. The zero-order chi connectivity index (χ0) is 16.8. The maximum absolute atomic E-state index is 11.9. The Hall–Kier alpha value is -2.89. The first-order valence-electron chi connectivity index (χ1n) is 7.09. The van der Waals surface area contributed by atoms with Crippen LogP contribution >= 0.6 is 0 Å². The summed E-state index contributed by atoms with van der Waals surface area (Å²) in [6.07, 6.45) is -0.740. The van der Waals surface area contributed by atoms with Gasteiger partial charge in [-0.25, -0.2) is 4.79 Å². The summed E-state index contributed by atoms with van der Waals surface area (Å²) in [7, 11) is 0. The SMILES string of the molecule is Cc1ccc(OC(C)C(=O)OCc2ccc([N+](=O)[O-])cc2)cc1. The number of rotatable bonds is 6. The number of esters is 1. The van der Waals surface area contributed by atoms with Crippen molar-refractivity contribution in [2.45, 2.75) is 26.6 Å². The van der Waals surface area contributed by atoms with Crippen LogP contribution in [0.2, 0.25) is 0 Å². The third-order valence-electron chi connectivity index (χ3n) is 3.19. The summed E-state index contributed by atoms with van der Waals surface area (Å²) in [5.74, 6) is 0.0966. The van der Waals surface area contributed by atoms with Gasteiger partial charge in [-0.2, -0.15) is 0 Å². The van der Waals surface area contributed by atoms with E-state index in [0.29, 0.717) is 11.3 Å². The van der Waals surface area contributed by atoms with Crippen molar-refractivity contribution in [2.75, 3.05) is 0 Å². The normalized spacial score (nSPS) is 11.6. The quantitative estimate of drug-likeness (QED) is 0.463. The summed E-state index contributed by atoms with van der Waals surface area (Å²) in [5.41, 5.74) is 1.77. The number of benzene rings is 2. The van der Waals surface area contributed by atoms with E-state index in [2.05, 4.69) is 0 Å². The van der Waals surface area contributed by atoms with Crippen LogP contribution in [0.25, 0.3) is 0 Å². The third-order valence-corrected chi connectivity index (χ3v) is 3.19. The van der Waals surface area contributed by atoms with Gasteiger partial charge in [-0.3, -0.25) is 10.1 Å². The van der Waals surface area contributed by atoms with Crippen molar-refractivity contribution in [3.63, 3.8) is 0 Å². The van der Waals surface area contributed by atoms with E-state index >= 15 is 0 Å². The maximum Gasteiger partial charge on any atom is 0.347 e. The lowest BCUT2D eigenvalue weighted by molar-refractivity contribution is -0.384. The molecule has 0 saturated carbocycles. The second kappa shape index (κ2) is 7.40. The van der Waals surface area contributed by atoms with Crippen LogP contribution in [0.15, 0.2) is 48.5 Å². The fourth-order valence-electron chi connectivity index (χ4n) is 1.85. The largest absolute Gasteiger partial charge is 0.479 e. The molecule has 6 nitrogen and oxygen atoms in total. The molecule has 0 radical (unpaired) electrons. The molecule has 2 rings (SSSR count). The molecular weight excluding hydrogens is 298 g/mol. The zero-order valence-corrected chi connectivity index (χ0v) is 12.9. The summed E-state index contributed by atoms with van der Waals surface area (Å²) >= 11 is 0. The van der Waals surface area contributed by atoms with Gasteiger partial charge in [0, 0.05) is 12.1 Å². The lowest BCUT2D eigenvalue weighted by Crippen LogP contribution is -2.26. The van der Waals surface area contributed by atoms with Gasteiger partial charge in [0.2, 0.25) is 0 Å². The number of ether oxygens (including phenoxy) is 2. The minimum atomic E-state index is -0.740. The van der Waals surface area contributed by atoms with Crippen molar-refractivity contribution in [3.8, 4) is 5.75 Å². The van der Waals surface area contributed by atoms with Gasteiger partial charge in [-0.05, 0) is 43.7 Å². The van der Waals surface area contributed by atoms with E-state index in [9.17, 15) is 14.9 Å². The molecule has 0 heterocycles. The summed E-state index contributed by atoms with van der Waals surface area (Å²) in [5, 5.41) is 10.6. The Balaban J connectivity index is 1.86. The molecule has 0 saturated heterocycles. The minimum Gasteiger partial charge on any atom is -0.479 e. The van der Waals surface area contributed by atoms with Crippen molar-refractivity contribution in [3.05, 3.63) is 69.8 Å². The number of nitrogens with zero attached hydrogens (tertiary/aromatic N) is 1. The molecule has 2 aromatic carbocycles. The topological polar surface area (TPSA) is 78.7 Å². The van der Waals surface area contributed by atoms with E-state index in [4.69, 9.17) is 9.47 Å². The smallest absolute Gasteiger partial charge is 0.347 e. The number of non-ortho nitro benzene ring substituents is 1. The van der Waals surface area contributed by atoms with Crippen LogP contribution in [0.1, 0.15) is 18.1 Å². The molecule has 2 aromatic rings. The summed E-state index contributed by atoms with van der Waals surface area (Å²) in [6, 6.07) is 13.2. The van der Waals surface area contributed by atoms with Crippen LogP contribution in [0.4, 0.5) is 5.69 Å². The highest BCUT2D eigenvalue weighted by Crippen LogP contribution is 2.15. The molecule has 0 fully saturated rings. The number of nitro benzene ring substituents is 1. The highest BCUT2D eigenvalue weighted by atomic mass is 16.6. The zero-order valence-electron chi connectivity index (χ0n) is 12.9. The van der Waals surface area contributed by atoms with Gasteiger partial charge in [0.05, 0.1) is 4.92 Å². The van der Waals surface area contributed by atoms with Crippen LogP contribution in [0, 0.1) is 17.0 Å². The first-order chi connectivity index (χ1) is 11.0. The molecular formula is C17H17NO5. The van der Waals surface area contributed by atoms with Crippen LogP contribution in [-0.2, 0) is 16.1 Å². The van der Waals surface area contributed by atoms with E-state index < -0.39 is 17.0 Å². The van der Waals surface area contributed by atoms with Gasteiger partial charge in [0.25, 0.3) is 5.69 Å². The summed E-state index contributed by atoms with van der Waals surface area (Å²) < 4.78 is 10.7. The second-order valence-electron chi connectivity index (χ2n) is 5.10. The molecule has 1 atom stereocenters. The van der Waals surface area contributed by atoms with Gasteiger partial charge < -0.3 is 9.47 Å². The van der Waals surface area contributed by atoms with E-state index in [1.807, 2.05) is 19.1 Å². The Bertz CT molecular complexity index is 679. The Kier molecular flexibility index (Phi) is 5.30. The molecule has 0 aliphatic rings. The van der Waals surface area contributed by atoms with E-state index in [1.54, 1.807) is 31.2 Å². The molecule has 0 amide bonds. The Morgan fingerprint density at radius 3 is 2.30 bits per heavy atom. The standard InChI is InChI=1S/C17H17NO5/c1-12-3-9-16(10-4-12)23-13(2)17(19)22-11-14-5-7-15(8-6-14)18(20)21/h3-10,13H,11H2,1-2H3. The fraction of sp³-hybridized carbons (Fsp3) is 0.235. The van der Waals surface area contributed by atoms with Gasteiger partial charge >= 0.3 is 5.97 Å². The molecule has 0 spiro atoms. The van der Waals surface area contributed by atoms with E-state index in [-0.39, 0.29) is 12.3 Å². The fourth-order valence-corrected chi connectivity index (χ4v) is 1.85. The summed E-state index contributed by atoms with van der Waals surface area (Å²) in [4.78, 5) is 22.0. The average Bonchev–Trinajstić information content (AvgIpc) is 2.55. The lowest BCUT2D eigenvalue weighted by atomic mass is 10.2. The number of nitro groups is 1. The number of carbonyl (C=O) groups excluding carboxylic acids is 1. The molecule has 0 aromatic heterocycles. The predicted molar refractivity (Wildman–Crippen MR) is 84.2 cm³/mol. The van der Waals surface area contributed by atoms with Crippen LogP contribution in [0.3, 0.4) is 0 Å². The molecule has 0 bridgehead atoms. The monoisotopic (exact) mass is 315 g/mol. The Morgan fingerprint density at radius 2 is 1.74 bits per heavy atom. The van der Waals surface area contributed by atoms with Gasteiger partial charge in [-0.1, -0.05) is 17.7 Å². The van der Waals surface area contributed by atoms with Crippen molar-refractivity contribution in [1.82, 2.24) is 0 Å². The minimum absolute atomic E-state index is 0.00357. The number of aryl methyl sites for hydroxylation is 1. The van der Waals surface area contributed by atoms with E-state index in [0.717, 1.165) is 5.56 Å². The van der Waals surface area contributed by atoms with Crippen molar-refractivity contribution < 1.29 is 19.2 Å². The molecule has 0 aliphatic carbocycles. The highest BCUT2D eigenvalue weighted by Gasteiger charge is 2.16. The molecule has 6 heteroatoms. The highest BCUT2D eigenvalue weighted by molar-refractivity contribution is 5.74. The van der Waals surface area contributed by atoms with Gasteiger partial charge in [0.15, 0.2) is 6.10 Å². The lowest BCUT2D eigenvalue weighted by Gasteiger charge is -2.14. The van der Waals surface area contributed by atoms with Gasteiger partial charge in [0.1, 0.15) is 12.4 Å². The number of hydrogen-bond acceptors (Lipinski definition) is 5.